The number of ether oxygens (including phenoxy) is 1. The zero-order chi connectivity index (χ0) is 14.7. The Morgan fingerprint density at radius 3 is 2.37 bits per heavy atom. The van der Waals surface area contributed by atoms with Crippen LogP contribution in [-0.2, 0) is 19.7 Å². The highest BCUT2D eigenvalue weighted by Gasteiger charge is 2.23. The molecule has 0 saturated heterocycles. The summed E-state index contributed by atoms with van der Waals surface area (Å²) in [4.78, 5) is 11.8. The molecule has 0 saturated carbocycles. The van der Waals surface area contributed by atoms with Gasteiger partial charge in [-0.25, -0.2) is 16.8 Å². The van der Waals surface area contributed by atoms with Crippen LogP contribution in [0.5, 0.6) is 5.75 Å². The third-order valence-electron chi connectivity index (χ3n) is 2.14. The molecule has 0 radical (unpaired) electrons. The number of hydrogen-bond acceptors (Lipinski definition) is 6. The molecule has 6 nitrogen and oxygen atoms in total. The lowest BCUT2D eigenvalue weighted by molar-refractivity contribution is 0.102. The Hall–Kier alpha value is -1.41. The van der Waals surface area contributed by atoms with E-state index in [0.717, 1.165) is 6.26 Å². The van der Waals surface area contributed by atoms with Crippen LogP contribution in [0.25, 0.3) is 0 Å². The van der Waals surface area contributed by atoms with Crippen LogP contribution >= 0.6 is 0 Å². The van der Waals surface area contributed by atoms with Crippen molar-refractivity contribution in [1.82, 2.24) is 0 Å². The Bertz CT molecular complexity index is 673. The number of rotatable bonds is 6. The van der Waals surface area contributed by atoms with E-state index in [1.165, 1.54) is 19.2 Å². The van der Waals surface area contributed by atoms with Crippen molar-refractivity contribution < 1.29 is 26.4 Å². The fraction of sp³-hybridized carbons (Fsp3) is 0.364. The third-order valence-corrected chi connectivity index (χ3v) is 5.99. The van der Waals surface area contributed by atoms with Gasteiger partial charge in [-0.2, -0.15) is 0 Å². The van der Waals surface area contributed by atoms with E-state index in [9.17, 15) is 21.6 Å². The first-order valence-corrected chi connectivity index (χ1v) is 9.06. The lowest BCUT2D eigenvalue weighted by Crippen LogP contribution is -2.23. The van der Waals surface area contributed by atoms with E-state index in [1.54, 1.807) is 12.1 Å². The van der Waals surface area contributed by atoms with Crippen LogP contribution in [0, 0.1) is 0 Å². The average molecular weight is 306 g/mol. The highest BCUT2D eigenvalue weighted by molar-refractivity contribution is 8.08. The van der Waals surface area contributed by atoms with Crippen molar-refractivity contribution in [3.8, 4) is 5.75 Å². The Labute approximate surface area is 112 Å². The highest BCUT2D eigenvalue weighted by Crippen LogP contribution is 2.14. The summed E-state index contributed by atoms with van der Waals surface area (Å²) in [5, 5.41) is -1.03. The van der Waals surface area contributed by atoms with E-state index in [2.05, 4.69) is 0 Å². The van der Waals surface area contributed by atoms with Crippen molar-refractivity contribution in [2.45, 2.75) is 0 Å². The van der Waals surface area contributed by atoms with Gasteiger partial charge < -0.3 is 4.74 Å². The predicted molar refractivity (Wildman–Crippen MR) is 70.8 cm³/mol. The molecule has 0 heterocycles. The van der Waals surface area contributed by atoms with Gasteiger partial charge in [0, 0.05) is 11.8 Å². The zero-order valence-corrected chi connectivity index (χ0v) is 12.1. The standard InChI is InChI=1S/C11H14O6S2/c1-17-10-5-3-4-9(6-10)11(12)7-19(15,16)8-18(2,13)14/h3-6H,7-8H2,1-2H3. The first kappa shape index (κ1) is 15.6. The molecule has 0 aliphatic carbocycles. The van der Waals surface area contributed by atoms with Gasteiger partial charge in [0.2, 0.25) is 0 Å². The van der Waals surface area contributed by atoms with Gasteiger partial charge in [0.1, 0.15) is 11.5 Å². The second kappa shape index (κ2) is 5.70. The van der Waals surface area contributed by atoms with Gasteiger partial charge in [-0.3, -0.25) is 4.79 Å². The fourth-order valence-corrected chi connectivity index (χ4v) is 4.96. The summed E-state index contributed by atoms with van der Waals surface area (Å²) in [6.45, 7) is 0. The van der Waals surface area contributed by atoms with Crippen LogP contribution in [0.4, 0.5) is 0 Å². The first-order valence-electron chi connectivity index (χ1n) is 5.18. The number of hydrogen-bond donors (Lipinski definition) is 0. The van der Waals surface area contributed by atoms with Gasteiger partial charge in [-0.15, -0.1) is 0 Å². The van der Waals surface area contributed by atoms with Gasteiger partial charge in [0.25, 0.3) is 0 Å². The van der Waals surface area contributed by atoms with E-state index < -0.39 is 36.3 Å². The van der Waals surface area contributed by atoms with Gasteiger partial charge in [-0.05, 0) is 12.1 Å². The van der Waals surface area contributed by atoms with Gasteiger partial charge >= 0.3 is 0 Å². The first-order chi connectivity index (χ1) is 8.63. The monoisotopic (exact) mass is 306 g/mol. The topological polar surface area (TPSA) is 94.6 Å². The molecule has 1 aromatic rings. The molecule has 0 amide bonds. The molecule has 0 fully saturated rings. The fourth-order valence-electron chi connectivity index (χ4n) is 1.45. The van der Waals surface area contributed by atoms with Gasteiger partial charge in [0.15, 0.2) is 30.5 Å². The predicted octanol–water partition coefficient (Wildman–Crippen LogP) is 0.295. The Balaban J connectivity index is 2.90. The molecule has 0 unspecified atom stereocenters. The smallest absolute Gasteiger partial charge is 0.178 e. The Morgan fingerprint density at radius 2 is 1.84 bits per heavy atom. The maximum Gasteiger partial charge on any atom is 0.178 e. The van der Waals surface area contributed by atoms with Crippen LogP contribution in [0.15, 0.2) is 24.3 Å². The molecule has 0 bridgehead atoms. The van der Waals surface area contributed by atoms with Crippen molar-refractivity contribution in [1.29, 1.82) is 0 Å². The van der Waals surface area contributed by atoms with E-state index in [0.29, 0.717) is 5.75 Å². The molecule has 1 aromatic carbocycles. The van der Waals surface area contributed by atoms with Crippen molar-refractivity contribution in [2.75, 3.05) is 24.2 Å². The summed E-state index contributed by atoms with van der Waals surface area (Å²) in [7, 11) is -6.25. The molecule has 19 heavy (non-hydrogen) atoms. The number of sulfone groups is 2. The summed E-state index contributed by atoms with van der Waals surface area (Å²) in [6.07, 6.45) is 0.806. The van der Waals surface area contributed by atoms with Gasteiger partial charge in [0.05, 0.1) is 7.11 Å². The zero-order valence-electron chi connectivity index (χ0n) is 10.5. The largest absolute Gasteiger partial charge is 0.497 e. The van der Waals surface area contributed by atoms with Crippen molar-refractivity contribution in [3.63, 3.8) is 0 Å². The van der Waals surface area contributed by atoms with Crippen LogP contribution in [0.1, 0.15) is 10.4 Å². The summed E-state index contributed by atoms with van der Waals surface area (Å²) in [5.41, 5.74) is 0.163. The normalized spacial score (nSPS) is 12.1. The second-order valence-corrected chi connectivity index (χ2v) is 8.66. The molecule has 1 rings (SSSR count). The summed E-state index contributed by atoms with van der Waals surface area (Å²) in [5.74, 6) is -1.08. The van der Waals surface area contributed by atoms with E-state index in [1.807, 2.05) is 0 Å². The van der Waals surface area contributed by atoms with E-state index in [-0.39, 0.29) is 5.56 Å². The van der Waals surface area contributed by atoms with Crippen LogP contribution in [0.2, 0.25) is 0 Å². The molecule has 8 heteroatoms. The number of ketones is 1. The molecule has 0 aliphatic rings. The lowest BCUT2D eigenvalue weighted by atomic mass is 10.1. The lowest BCUT2D eigenvalue weighted by Gasteiger charge is -2.04. The van der Waals surface area contributed by atoms with Crippen molar-refractivity contribution in [3.05, 3.63) is 29.8 Å². The van der Waals surface area contributed by atoms with Gasteiger partial charge in [-0.1, -0.05) is 12.1 Å². The van der Waals surface area contributed by atoms with E-state index >= 15 is 0 Å². The third kappa shape index (κ3) is 5.39. The SMILES string of the molecule is COc1cccc(C(=O)CS(=O)(=O)CS(C)(=O)=O)c1. The van der Waals surface area contributed by atoms with Crippen LogP contribution in [0.3, 0.4) is 0 Å². The molecule has 106 valence electrons. The minimum absolute atomic E-state index is 0.163. The van der Waals surface area contributed by atoms with Crippen molar-refractivity contribution in [2.24, 2.45) is 0 Å². The number of methoxy groups -OCH3 is 1. The Morgan fingerprint density at radius 1 is 1.21 bits per heavy atom. The average Bonchev–Trinajstić information content (AvgIpc) is 2.25. The molecule has 0 N–H and O–H groups in total. The minimum Gasteiger partial charge on any atom is -0.497 e. The highest BCUT2D eigenvalue weighted by atomic mass is 32.3. The summed E-state index contributed by atoms with van der Waals surface area (Å²) >= 11 is 0. The summed E-state index contributed by atoms with van der Waals surface area (Å²) < 4.78 is 49.9. The maximum absolute atomic E-state index is 11.8. The number of Topliss-reactive ketones (excluding diaryl/α,β-unsaturated/α-hetero) is 1. The molecular formula is C11H14O6S2. The number of carbonyl (C=O) groups excluding carboxylic acids is 1. The molecule has 0 aromatic heterocycles. The molecule has 0 spiro atoms. The van der Waals surface area contributed by atoms with E-state index in [4.69, 9.17) is 4.74 Å². The maximum atomic E-state index is 11.8. The second-order valence-electron chi connectivity index (χ2n) is 4.09. The molecular weight excluding hydrogens is 292 g/mol. The Kier molecular flexibility index (Phi) is 4.70. The molecule has 0 aliphatic heterocycles. The summed E-state index contributed by atoms with van der Waals surface area (Å²) in [6, 6.07) is 6.01. The minimum atomic E-state index is -3.98. The quantitative estimate of drug-likeness (QED) is 0.701. The molecule has 0 atom stereocenters. The number of benzene rings is 1. The van der Waals surface area contributed by atoms with Crippen molar-refractivity contribution >= 4 is 25.5 Å². The van der Waals surface area contributed by atoms with Crippen LogP contribution in [-0.4, -0.2) is 46.8 Å². The van der Waals surface area contributed by atoms with Crippen LogP contribution < -0.4 is 4.74 Å². The number of carbonyl (C=O) groups is 1.